The van der Waals surface area contributed by atoms with Gasteiger partial charge in [0.2, 0.25) is 5.76 Å². The largest absolute Gasteiger partial charge is 0.478 e. The van der Waals surface area contributed by atoms with Crippen LogP contribution in [-0.2, 0) is 4.74 Å². The van der Waals surface area contributed by atoms with Crippen molar-refractivity contribution >= 4 is 23.6 Å². The van der Waals surface area contributed by atoms with E-state index in [-0.39, 0.29) is 23.2 Å². The summed E-state index contributed by atoms with van der Waals surface area (Å²) in [6.07, 6.45) is 6.36. The number of amides is 1. The lowest BCUT2D eigenvalue weighted by Crippen LogP contribution is -2.55. The predicted octanol–water partition coefficient (Wildman–Crippen LogP) is 5.99. The number of hydrogen-bond donors (Lipinski definition) is 1. The molecule has 0 radical (unpaired) electrons. The Kier molecular flexibility index (Phi) is 6.29. The smallest absolute Gasteiger partial charge is 0.291 e. The van der Waals surface area contributed by atoms with E-state index < -0.39 is 5.41 Å². The Morgan fingerprint density at radius 2 is 1.78 bits per heavy atom. The molecule has 2 aromatic rings. The van der Waals surface area contributed by atoms with Gasteiger partial charge in [-0.05, 0) is 101 Å². The van der Waals surface area contributed by atoms with E-state index in [1.165, 1.54) is 43.9 Å². The van der Waals surface area contributed by atoms with Crippen molar-refractivity contribution in [3.63, 3.8) is 0 Å². The van der Waals surface area contributed by atoms with Crippen LogP contribution in [-0.4, -0.2) is 41.8 Å². The summed E-state index contributed by atoms with van der Waals surface area (Å²) in [5, 5.41) is 7.58. The Hall–Kier alpha value is -2.48. The van der Waals surface area contributed by atoms with Crippen LogP contribution >= 0.6 is 11.8 Å². The first-order valence-electron chi connectivity index (χ1n) is 13.6. The molecule has 1 aromatic heterocycles. The fourth-order valence-electron chi connectivity index (χ4n) is 6.82. The van der Waals surface area contributed by atoms with Crippen LogP contribution in [0.3, 0.4) is 0 Å². The van der Waals surface area contributed by atoms with Gasteiger partial charge in [0.15, 0.2) is 5.90 Å². The molecule has 7 nitrogen and oxygen atoms in total. The number of aromatic nitrogens is 1. The molecule has 1 aliphatic heterocycles. The summed E-state index contributed by atoms with van der Waals surface area (Å²) in [6.45, 7) is 9.04. The van der Waals surface area contributed by atoms with E-state index in [1.54, 1.807) is 0 Å². The molecule has 4 bridgehead atoms. The number of ether oxygens (including phenoxy) is 2. The van der Waals surface area contributed by atoms with Gasteiger partial charge in [-0.2, -0.15) is 0 Å². The van der Waals surface area contributed by atoms with Gasteiger partial charge in [-0.25, -0.2) is 4.99 Å². The molecule has 1 aromatic carbocycles. The van der Waals surface area contributed by atoms with Gasteiger partial charge < -0.3 is 19.3 Å². The minimum absolute atomic E-state index is 0.192. The van der Waals surface area contributed by atoms with Crippen molar-refractivity contribution in [1.82, 2.24) is 10.5 Å². The van der Waals surface area contributed by atoms with Gasteiger partial charge in [0.1, 0.15) is 18.1 Å². The van der Waals surface area contributed by atoms with E-state index in [1.807, 2.05) is 44.2 Å². The van der Waals surface area contributed by atoms with Gasteiger partial charge in [0, 0.05) is 10.9 Å². The normalized spacial score (nSPS) is 29.6. The lowest BCUT2D eigenvalue weighted by Gasteiger charge is -2.54. The molecule has 8 heteroatoms. The number of carbonyl (C=O) groups excluding carboxylic acids is 1. The maximum Gasteiger partial charge on any atom is 0.291 e. The quantitative estimate of drug-likeness (QED) is 0.457. The molecule has 0 atom stereocenters. The molecule has 198 valence electrons. The molecule has 1 N–H and O–H groups in total. The molecule has 4 aliphatic carbocycles. The van der Waals surface area contributed by atoms with Crippen LogP contribution in [0.5, 0.6) is 5.88 Å². The zero-order valence-electron chi connectivity index (χ0n) is 22.2. The van der Waals surface area contributed by atoms with E-state index >= 15 is 0 Å². The second-order valence-corrected chi connectivity index (χ2v) is 13.8. The van der Waals surface area contributed by atoms with Crippen molar-refractivity contribution in [2.24, 2.45) is 34.1 Å². The number of hydrogen-bond acceptors (Lipinski definition) is 7. The van der Waals surface area contributed by atoms with Gasteiger partial charge in [-0.3, -0.25) is 4.79 Å². The average molecular weight is 524 g/mol. The fourth-order valence-corrected chi connectivity index (χ4v) is 7.75. The van der Waals surface area contributed by atoms with E-state index in [0.29, 0.717) is 41.7 Å². The molecular weight excluding hydrogens is 486 g/mol. The lowest BCUT2D eigenvalue weighted by molar-refractivity contribution is -0.0124. The number of aliphatic imine (C=N–C) groups is 1. The number of rotatable bonds is 8. The van der Waals surface area contributed by atoms with Gasteiger partial charge in [-0.1, -0.05) is 30.0 Å². The van der Waals surface area contributed by atoms with Gasteiger partial charge in [0.05, 0.1) is 11.0 Å². The maximum atomic E-state index is 13.6. The molecule has 7 rings (SSSR count). The molecule has 1 amide bonds. The van der Waals surface area contributed by atoms with Crippen molar-refractivity contribution in [2.75, 3.05) is 13.2 Å². The number of benzene rings is 1. The van der Waals surface area contributed by atoms with Crippen LogP contribution in [0.2, 0.25) is 0 Å². The summed E-state index contributed by atoms with van der Waals surface area (Å²) in [7, 11) is 0. The van der Waals surface area contributed by atoms with Gasteiger partial charge in [-0.15, -0.1) is 0 Å². The van der Waals surface area contributed by atoms with Crippen LogP contribution in [0.1, 0.15) is 70.4 Å². The van der Waals surface area contributed by atoms with Crippen LogP contribution in [0.15, 0.2) is 49.6 Å². The molecule has 4 saturated carbocycles. The van der Waals surface area contributed by atoms with E-state index in [4.69, 9.17) is 19.0 Å². The molecule has 0 saturated heterocycles. The number of nitrogens with one attached hydrogen (secondary N) is 1. The Labute approximate surface area is 223 Å². The van der Waals surface area contributed by atoms with Crippen molar-refractivity contribution in [3.05, 3.63) is 36.1 Å². The van der Waals surface area contributed by atoms with Crippen LogP contribution in [0.25, 0.3) is 0 Å². The summed E-state index contributed by atoms with van der Waals surface area (Å²) in [4.78, 5) is 19.9. The zero-order chi connectivity index (χ0) is 25.8. The average Bonchev–Trinajstić information content (AvgIpc) is 3.43. The van der Waals surface area contributed by atoms with Crippen LogP contribution in [0, 0.1) is 29.1 Å². The summed E-state index contributed by atoms with van der Waals surface area (Å²) < 4.78 is 17.8. The van der Waals surface area contributed by atoms with E-state index in [2.05, 4.69) is 24.3 Å². The SMILES string of the molecule is CC1(C)COC(C(C)(C)COc2noc(C(=O)NC3C4CC5CC(C4)CC3C5)c2Sc2ccccc2)=N1. The second-order valence-electron chi connectivity index (χ2n) is 12.7. The summed E-state index contributed by atoms with van der Waals surface area (Å²) >= 11 is 1.45. The Morgan fingerprint density at radius 1 is 1.11 bits per heavy atom. The van der Waals surface area contributed by atoms with Crippen molar-refractivity contribution in [1.29, 1.82) is 0 Å². The van der Waals surface area contributed by atoms with Gasteiger partial charge in [0.25, 0.3) is 11.8 Å². The molecule has 2 heterocycles. The Morgan fingerprint density at radius 3 is 2.41 bits per heavy atom. The minimum atomic E-state index is -0.454. The summed E-state index contributed by atoms with van der Waals surface area (Å²) in [6, 6.07) is 10.2. The van der Waals surface area contributed by atoms with E-state index in [0.717, 1.165) is 16.7 Å². The summed E-state index contributed by atoms with van der Waals surface area (Å²) in [5.41, 5.74) is -0.692. The lowest BCUT2D eigenvalue weighted by atomic mass is 9.54. The number of nitrogens with zero attached hydrogens (tertiary/aromatic N) is 2. The third-order valence-electron chi connectivity index (χ3n) is 8.43. The first-order valence-corrected chi connectivity index (χ1v) is 14.4. The first kappa shape index (κ1) is 24.8. The minimum Gasteiger partial charge on any atom is -0.478 e. The second kappa shape index (κ2) is 9.37. The fraction of sp³-hybridized carbons (Fsp3) is 0.621. The maximum absolute atomic E-state index is 13.6. The topological polar surface area (TPSA) is 86.0 Å². The monoisotopic (exact) mass is 523 g/mol. The zero-order valence-corrected chi connectivity index (χ0v) is 23.0. The van der Waals surface area contributed by atoms with Crippen molar-refractivity contribution < 1.29 is 18.8 Å². The first-order chi connectivity index (χ1) is 17.7. The highest BCUT2D eigenvalue weighted by atomic mass is 32.2. The van der Waals surface area contributed by atoms with Crippen molar-refractivity contribution in [2.45, 2.75) is 81.2 Å². The highest BCUT2D eigenvalue weighted by molar-refractivity contribution is 7.99. The molecular formula is C29H37N3O4S. The van der Waals surface area contributed by atoms with Crippen LogP contribution in [0.4, 0.5) is 0 Å². The highest BCUT2D eigenvalue weighted by Crippen LogP contribution is 2.54. The van der Waals surface area contributed by atoms with Crippen molar-refractivity contribution in [3.8, 4) is 5.88 Å². The summed E-state index contributed by atoms with van der Waals surface area (Å²) in [5.74, 6) is 3.92. The molecule has 37 heavy (non-hydrogen) atoms. The van der Waals surface area contributed by atoms with Gasteiger partial charge >= 0.3 is 0 Å². The van der Waals surface area contributed by atoms with Crippen LogP contribution < -0.4 is 10.1 Å². The third-order valence-corrected chi connectivity index (χ3v) is 9.50. The predicted molar refractivity (Wildman–Crippen MR) is 142 cm³/mol. The highest BCUT2D eigenvalue weighted by Gasteiger charge is 2.49. The van der Waals surface area contributed by atoms with E-state index in [9.17, 15) is 4.79 Å². The molecule has 0 spiro atoms. The standard InChI is InChI=1S/C29H37N3O4S/c1-28(2,27-31-29(3,4)16-35-27)15-34-26-24(37-21-8-6-5-7-9-21)23(36-32-26)25(33)30-22-19-11-17-10-18(13-19)14-20(22)12-17/h5-9,17-20,22H,10-16H2,1-4H3,(H,30,33). The Balaban J connectivity index is 1.22. The molecule has 4 fully saturated rings. The number of carbonyl (C=O) groups is 1. The molecule has 0 unspecified atom stereocenters. The third kappa shape index (κ3) is 5.01. The Bertz CT molecular complexity index is 1160. The molecule has 5 aliphatic rings.